The van der Waals surface area contributed by atoms with Gasteiger partial charge in [-0.05, 0) is 53.9 Å². The Morgan fingerprint density at radius 2 is 1.52 bits per heavy atom. The monoisotopic (exact) mass is 316 g/mol. The van der Waals surface area contributed by atoms with Gasteiger partial charge in [0.15, 0.2) is 0 Å². The van der Waals surface area contributed by atoms with Crippen LogP contribution in [0.2, 0.25) is 0 Å². The molecule has 0 saturated carbocycles. The highest BCUT2D eigenvalue weighted by Gasteiger charge is 2.33. The van der Waals surface area contributed by atoms with Crippen molar-refractivity contribution >= 4 is 11.4 Å². The predicted molar refractivity (Wildman–Crippen MR) is 103 cm³/mol. The van der Waals surface area contributed by atoms with Crippen molar-refractivity contribution in [3.05, 3.63) is 22.8 Å². The molecule has 23 heavy (non-hydrogen) atoms. The van der Waals surface area contributed by atoms with E-state index in [2.05, 4.69) is 20.8 Å². The molecule has 2 rings (SSSR count). The predicted octanol–water partition coefficient (Wildman–Crippen LogP) is 5.76. The van der Waals surface area contributed by atoms with Crippen LogP contribution in [0.1, 0.15) is 95.2 Å². The van der Waals surface area contributed by atoms with E-state index in [1.165, 1.54) is 74.5 Å². The molecule has 0 atom stereocenters. The summed E-state index contributed by atoms with van der Waals surface area (Å²) in [6, 6.07) is 2.01. The third kappa shape index (κ3) is 4.43. The Morgan fingerprint density at radius 1 is 0.913 bits per heavy atom. The van der Waals surface area contributed by atoms with Crippen molar-refractivity contribution < 1.29 is 0 Å². The summed E-state index contributed by atoms with van der Waals surface area (Å²) in [5.74, 6) is 0. The highest BCUT2D eigenvalue weighted by atomic mass is 14.6. The lowest BCUT2D eigenvalue weighted by molar-refractivity contribution is 0.524. The van der Waals surface area contributed by atoms with Crippen molar-refractivity contribution in [2.24, 2.45) is 0 Å². The van der Waals surface area contributed by atoms with Gasteiger partial charge in [0.05, 0.1) is 0 Å². The Bertz CT molecular complexity index is 517. The van der Waals surface area contributed by atoms with Gasteiger partial charge in [0, 0.05) is 11.4 Å². The van der Waals surface area contributed by atoms with Crippen LogP contribution in [0.3, 0.4) is 0 Å². The van der Waals surface area contributed by atoms with Crippen LogP contribution in [-0.2, 0) is 18.3 Å². The highest BCUT2D eigenvalue weighted by molar-refractivity contribution is 5.69. The second kappa shape index (κ2) is 8.08. The van der Waals surface area contributed by atoms with Gasteiger partial charge in [0.1, 0.15) is 0 Å². The number of hydrogen-bond donors (Lipinski definition) is 2. The van der Waals surface area contributed by atoms with Gasteiger partial charge in [-0.2, -0.15) is 0 Å². The lowest BCUT2D eigenvalue weighted by atomic mass is 9.84. The van der Waals surface area contributed by atoms with Gasteiger partial charge in [0.25, 0.3) is 0 Å². The first-order valence-corrected chi connectivity index (χ1v) is 9.67. The van der Waals surface area contributed by atoms with E-state index in [9.17, 15) is 0 Å². The molecule has 0 unspecified atom stereocenters. The molecule has 2 heteroatoms. The van der Waals surface area contributed by atoms with Gasteiger partial charge < -0.3 is 11.5 Å². The zero-order valence-electron chi connectivity index (χ0n) is 15.5. The molecule has 0 fully saturated rings. The van der Waals surface area contributed by atoms with Crippen LogP contribution < -0.4 is 11.5 Å². The van der Waals surface area contributed by atoms with E-state index in [0.717, 1.165) is 24.2 Å². The van der Waals surface area contributed by atoms with Crippen LogP contribution in [0.25, 0.3) is 0 Å². The second-order valence-electron chi connectivity index (χ2n) is 8.00. The molecule has 130 valence electrons. The molecular weight excluding hydrogens is 280 g/mol. The first-order valence-electron chi connectivity index (χ1n) is 9.67. The maximum absolute atomic E-state index is 6.30. The fraction of sp³-hybridized carbons (Fsp3) is 0.714. The SMILES string of the molecule is CCCCCCCCCCc1c(N)cc(N)c2c1CCC2(C)C. The molecule has 0 amide bonds. The number of hydrogen-bond acceptors (Lipinski definition) is 2. The van der Waals surface area contributed by atoms with E-state index >= 15 is 0 Å². The minimum atomic E-state index is 0.209. The number of benzene rings is 1. The zero-order chi connectivity index (χ0) is 16.9. The topological polar surface area (TPSA) is 52.0 Å². The first-order chi connectivity index (χ1) is 11.0. The van der Waals surface area contributed by atoms with Crippen molar-refractivity contribution in [1.82, 2.24) is 0 Å². The van der Waals surface area contributed by atoms with Crippen LogP contribution in [0.5, 0.6) is 0 Å². The van der Waals surface area contributed by atoms with Crippen LogP contribution in [-0.4, -0.2) is 0 Å². The molecule has 1 aliphatic rings. The van der Waals surface area contributed by atoms with Gasteiger partial charge in [-0.1, -0.05) is 65.7 Å². The summed E-state index contributed by atoms with van der Waals surface area (Å²) in [7, 11) is 0. The summed E-state index contributed by atoms with van der Waals surface area (Å²) in [5.41, 5.74) is 18.8. The third-order valence-corrected chi connectivity index (χ3v) is 5.57. The number of nitrogen functional groups attached to an aromatic ring is 2. The zero-order valence-corrected chi connectivity index (χ0v) is 15.5. The quantitative estimate of drug-likeness (QED) is 0.449. The Hall–Kier alpha value is -1.18. The molecule has 1 aromatic rings. The van der Waals surface area contributed by atoms with Gasteiger partial charge in [-0.15, -0.1) is 0 Å². The van der Waals surface area contributed by atoms with E-state index in [1.54, 1.807) is 0 Å². The minimum Gasteiger partial charge on any atom is -0.398 e. The molecular formula is C21H36N2. The van der Waals surface area contributed by atoms with Crippen molar-refractivity contribution in [2.45, 2.75) is 96.8 Å². The van der Waals surface area contributed by atoms with Gasteiger partial charge in [0.2, 0.25) is 0 Å². The molecule has 2 nitrogen and oxygen atoms in total. The number of anilines is 2. The minimum absolute atomic E-state index is 0.209. The summed E-state index contributed by atoms with van der Waals surface area (Å²) >= 11 is 0. The Morgan fingerprint density at radius 3 is 2.17 bits per heavy atom. The Labute approximate surface area is 143 Å². The summed E-state index contributed by atoms with van der Waals surface area (Å²) in [6.07, 6.45) is 14.3. The number of nitrogens with two attached hydrogens (primary N) is 2. The smallest absolute Gasteiger partial charge is 0.0375 e. The molecule has 0 bridgehead atoms. The average molecular weight is 317 g/mol. The molecule has 0 aliphatic heterocycles. The molecule has 0 radical (unpaired) electrons. The third-order valence-electron chi connectivity index (χ3n) is 5.57. The van der Waals surface area contributed by atoms with E-state index in [-0.39, 0.29) is 5.41 Å². The fourth-order valence-electron chi connectivity index (χ4n) is 4.19. The summed E-state index contributed by atoms with van der Waals surface area (Å²) in [4.78, 5) is 0. The van der Waals surface area contributed by atoms with Gasteiger partial charge >= 0.3 is 0 Å². The Balaban J connectivity index is 1.88. The largest absolute Gasteiger partial charge is 0.398 e. The number of unbranched alkanes of at least 4 members (excludes halogenated alkanes) is 7. The fourth-order valence-corrected chi connectivity index (χ4v) is 4.19. The maximum Gasteiger partial charge on any atom is 0.0375 e. The highest BCUT2D eigenvalue weighted by Crippen LogP contribution is 2.45. The number of fused-ring (bicyclic) bond motifs is 1. The number of rotatable bonds is 9. The van der Waals surface area contributed by atoms with Crippen LogP contribution >= 0.6 is 0 Å². The summed E-state index contributed by atoms with van der Waals surface area (Å²) < 4.78 is 0. The van der Waals surface area contributed by atoms with E-state index in [0.29, 0.717) is 0 Å². The Kier molecular flexibility index (Phi) is 6.38. The van der Waals surface area contributed by atoms with Gasteiger partial charge in [-0.3, -0.25) is 0 Å². The van der Waals surface area contributed by atoms with Crippen LogP contribution in [0.4, 0.5) is 11.4 Å². The van der Waals surface area contributed by atoms with Crippen molar-refractivity contribution in [2.75, 3.05) is 11.5 Å². The molecule has 0 heterocycles. The maximum atomic E-state index is 6.30. The lowest BCUT2D eigenvalue weighted by Crippen LogP contribution is -2.15. The van der Waals surface area contributed by atoms with Crippen molar-refractivity contribution in [3.8, 4) is 0 Å². The molecule has 1 aliphatic carbocycles. The molecule has 0 aromatic heterocycles. The molecule has 0 spiro atoms. The van der Waals surface area contributed by atoms with Crippen LogP contribution in [0.15, 0.2) is 6.07 Å². The molecule has 1 aromatic carbocycles. The first kappa shape index (κ1) is 18.2. The van der Waals surface area contributed by atoms with Crippen LogP contribution in [0, 0.1) is 0 Å². The van der Waals surface area contributed by atoms with Gasteiger partial charge in [-0.25, -0.2) is 0 Å². The van der Waals surface area contributed by atoms with E-state index in [1.807, 2.05) is 6.07 Å². The molecule has 4 N–H and O–H groups in total. The standard InChI is InChI=1S/C21H36N2/c1-4-5-6-7-8-9-10-11-12-16-17-13-14-21(2,3)20(17)19(23)15-18(16)22/h15H,4-14,22-23H2,1-3H3. The molecule has 0 saturated heterocycles. The average Bonchev–Trinajstić information content (AvgIpc) is 2.80. The van der Waals surface area contributed by atoms with Crippen molar-refractivity contribution in [1.29, 1.82) is 0 Å². The lowest BCUT2D eigenvalue weighted by Gasteiger charge is -2.22. The van der Waals surface area contributed by atoms with Crippen molar-refractivity contribution in [3.63, 3.8) is 0 Å². The summed E-state index contributed by atoms with van der Waals surface area (Å²) in [5, 5.41) is 0. The normalized spacial score (nSPS) is 15.8. The summed E-state index contributed by atoms with van der Waals surface area (Å²) in [6.45, 7) is 6.90. The van der Waals surface area contributed by atoms with E-state index < -0.39 is 0 Å². The van der Waals surface area contributed by atoms with E-state index in [4.69, 9.17) is 11.5 Å². The second-order valence-corrected chi connectivity index (χ2v) is 8.00.